The van der Waals surface area contributed by atoms with Crippen molar-refractivity contribution in [1.29, 1.82) is 0 Å². The van der Waals surface area contributed by atoms with E-state index in [1.54, 1.807) is 4.90 Å². The zero-order valence-electron chi connectivity index (χ0n) is 12.9. The Kier molecular flexibility index (Phi) is 4.56. The second-order valence-electron chi connectivity index (χ2n) is 5.77. The summed E-state index contributed by atoms with van der Waals surface area (Å²) >= 11 is 1.25. The Balaban J connectivity index is 1.57. The summed E-state index contributed by atoms with van der Waals surface area (Å²) in [7, 11) is 0. The minimum Gasteiger partial charge on any atom is -0.344 e. The minimum atomic E-state index is -0.404. The second-order valence-corrected chi connectivity index (χ2v) is 6.87. The van der Waals surface area contributed by atoms with Crippen molar-refractivity contribution in [1.82, 2.24) is 10.2 Å². The molecule has 0 aliphatic carbocycles. The van der Waals surface area contributed by atoms with Crippen molar-refractivity contribution < 1.29 is 14.4 Å². The SMILES string of the molecule is Cc1ccc(N2CCN(CC(=O)N[C@@H]3CCSC3=O)C2=O)cc1. The Labute approximate surface area is 139 Å². The van der Waals surface area contributed by atoms with Crippen LogP contribution in [0.4, 0.5) is 10.5 Å². The van der Waals surface area contributed by atoms with E-state index in [1.807, 2.05) is 31.2 Å². The number of aryl methyl sites for hydroxylation is 1. The van der Waals surface area contributed by atoms with E-state index in [2.05, 4.69) is 5.32 Å². The first kappa shape index (κ1) is 15.9. The molecule has 1 aromatic carbocycles. The maximum Gasteiger partial charge on any atom is 0.325 e. The topological polar surface area (TPSA) is 69.7 Å². The van der Waals surface area contributed by atoms with Crippen LogP contribution in [0.2, 0.25) is 0 Å². The van der Waals surface area contributed by atoms with Crippen LogP contribution in [0, 0.1) is 6.92 Å². The van der Waals surface area contributed by atoms with Gasteiger partial charge in [-0.05, 0) is 25.5 Å². The predicted molar refractivity (Wildman–Crippen MR) is 89.5 cm³/mol. The highest BCUT2D eigenvalue weighted by Gasteiger charge is 2.32. The molecule has 122 valence electrons. The number of nitrogens with one attached hydrogen (secondary N) is 1. The van der Waals surface area contributed by atoms with E-state index >= 15 is 0 Å². The van der Waals surface area contributed by atoms with Crippen LogP contribution < -0.4 is 10.2 Å². The van der Waals surface area contributed by atoms with Crippen LogP contribution in [-0.2, 0) is 9.59 Å². The van der Waals surface area contributed by atoms with Crippen molar-refractivity contribution in [3.05, 3.63) is 29.8 Å². The van der Waals surface area contributed by atoms with Gasteiger partial charge < -0.3 is 10.2 Å². The third kappa shape index (κ3) is 3.50. The fraction of sp³-hybridized carbons (Fsp3) is 0.438. The summed E-state index contributed by atoms with van der Waals surface area (Å²) in [6.07, 6.45) is 0.665. The molecule has 2 fully saturated rings. The summed E-state index contributed by atoms with van der Waals surface area (Å²) in [6, 6.07) is 7.16. The number of carbonyl (C=O) groups is 3. The number of benzene rings is 1. The number of hydrogen-bond acceptors (Lipinski definition) is 4. The fourth-order valence-corrected chi connectivity index (χ4v) is 3.67. The molecule has 1 N–H and O–H groups in total. The summed E-state index contributed by atoms with van der Waals surface area (Å²) in [4.78, 5) is 39.2. The van der Waals surface area contributed by atoms with Crippen LogP contribution in [-0.4, -0.2) is 53.4 Å². The summed E-state index contributed by atoms with van der Waals surface area (Å²) in [5.74, 6) is 0.470. The van der Waals surface area contributed by atoms with Gasteiger partial charge in [0.15, 0.2) is 0 Å². The molecule has 1 aromatic rings. The molecule has 0 bridgehead atoms. The molecule has 0 unspecified atom stereocenters. The number of nitrogens with zero attached hydrogens (tertiary/aromatic N) is 2. The molecule has 0 radical (unpaired) electrons. The van der Waals surface area contributed by atoms with Gasteiger partial charge in [0.2, 0.25) is 11.0 Å². The van der Waals surface area contributed by atoms with Crippen LogP contribution in [0.1, 0.15) is 12.0 Å². The molecule has 23 heavy (non-hydrogen) atoms. The van der Waals surface area contributed by atoms with E-state index in [9.17, 15) is 14.4 Å². The summed E-state index contributed by atoms with van der Waals surface area (Å²) < 4.78 is 0. The lowest BCUT2D eigenvalue weighted by Crippen LogP contribution is -2.44. The van der Waals surface area contributed by atoms with Crippen molar-refractivity contribution in [2.24, 2.45) is 0 Å². The first-order chi connectivity index (χ1) is 11.0. The van der Waals surface area contributed by atoms with Crippen molar-refractivity contribution >= 4 is 34.5 Å². The van der Waals surface area contributed by atoms with Gasteiger partial charge in [-0.3, -0.25) is 14.5 Å². The largest absolute Gasteiger partial charge is 0.344 e. The Morgan fingerprint density at radius 3 is 2.65 bits per heavy atom. The molecule has 2 aliphatic heterocycles. The van der Waals surface area contributed by atoms with E-state index < -0.39 is 6.04 Å². The highest BCUT2D eigenvalue weighted by atomic mass is 32.2. The maximum absolute atomic E-state index is 12.4. The van der Waals surface area contributed by atoms with Crippen LogP contribution >= 0.6 is 11.8 Å². The van der Waals surface area contributed by atoms with Gasteiger partial charge in [0.1, 0.15) is 6.54 Å². The highest BCUT2D eigenvalue weighted by Crippen LogP contribution is 2.21. The van der Waals surface area contributed by atoms with Gasteiger partial charge >= 0.3 is 6.03 Å². The zero-order valence-corrected chi connectivity index (χ0v) is 13.8. The quantitative estimate of drug-likeness (QED) is 0.904. The fourth-order valence-electron chi connectivity index (χ4n) is 2.73. The predicted octanol–water partition coefficient (Wildman–Crippen LogP) is 1.39. The van der Waals surface area contributed by atoms with Gasteiger partial charge in [0, 0.05) is 24.5 Å². The average Bonchev–Trinajstić information content (AvgIpc) is 3.08. The standard InChI is InChI=1S/C16H19N3O3S/c1-11-2-4-12(5-3-11)19-8-7-18(16(19)22)10-14(20)17-13-6-9-23-15(13)21/h2-5,13H,6-10H2,1H3,(H,17,20)/t13-/m1/s1. The smallest absolute Gasteiger partial charge is 0.325 e. The summed E-state index contributed by atoms with van der Waals surface area (Å²) in [5, 5.41) is 2.72. The van der Waals surface area contributed by atoms with Gasteiger partial charge in [-0.1, -0.05) is 29.5 Å². The Bertz CT molecular complexity index is 632. The molecular formula is C16H19N3O3S. The number of rotatable bonds is 4. The van der Waals surface area contributed by atoms with Gasteiger partial charge in [-0.25, -0.2) is 4.79 Å². The molecule has 7 heteroatoms. The summed E-state index contributed by atoms with van der Waals surface area (Å²) in [5.41, 5.74) is 1.97. The molecule has 2 aliphatic rings. The first-order valence-electron chi connectivity index (χ1n) is 7.64. The van der Waals surface area contributed by atoms with Gasteiger partial charge in [0.25, 0.3) is 0 Å². The second kappa shape index (κ2) is 6.62. The van der Waals surface area contributed by atoms with Gasteiger partial charge in [-0.2, -0.15) is 0 Å². The van der Waals surface area contributed by atoms with Gasteiger partial charge in [0.05, 0.1) is 6.04 Å². The average molecular weight is 333 g/mol. The number of thioether (sulfide) groups is 1. The lowest BCUT2D eigenvalue weighted by Gasteiger charge is -2.19. The number of urea groups is 1. The first-order valence-corrected chi connectivity index (χ1v) is 8.62. The normalized spacial score (nSPS) is 21.2. The Morgan fingerprint density at radius 1 is 1.26 bits per heavy atom. The Hall–Kier alpha value is -2.02. The van der Waals surface area contributed by atoms with E-state index in [0.717, 1.165) is 17.0 Å². The van der Waals surface area contributed by atoms with Crippen molar-refractivity contribution in [3.63, 3.8) is 0 Å². The van der Waals surface area contributed by atoms with E-state index in [0.29, 0.717) is 19.5 Å². The molecule has 2 saturated heterocycles. The Morgan fingerprint density at radius 2 is 2.00 bits per heavy atom. The molecule has 2 heterocycles. The molecular weight excluding hydrogens is 314 g/mol. The van der Waals surface area contributed by atoms with E-state index in [-0.39, 0.29) is 23.6 Å². The van der Waals surface area contributed by atoms with Crippen LogP contribution in [0.3, 0.4) is 0 Å². The molecule has 6 nitrogen and oxygen atoms in total. The highest BCUT2D eigenvalue weighted by molar-refractivity contribution is 8.14. The van der Waals surface area contributed by atoms with Crippen molar-refractivity contribution in [2.45, 2.75) is 19.4 Å². The molecule has 1 atom stereocenters. The molecule has 0 saturated carbocycles. The number of amides is 3. The molecule has 3 amide bonds. The molecule has 0 aromatic heterocycles. The van der Waals surface area contributed by atoms with Crippen LogP contribution in [0.15, 0.2) is 24.3 Å². The summed E-state index contributed by atoms with van der Waals surface area (Å²) in [6.45, 7) is 3.06. The lowest BCUT2D eigenvalue weighted by atomic mass is 10.2. The van der Waals surface area contributed by atoms with Crippen molar-refractivity contribution in [3.8, 4) is 0 Å². The molecule has 3 rings (SSSR count). The van der Waals surface area contributed by atoms with E-state index in [1.165, 1.54) is 16.7 Å². The minimum absolute atomic E-state index is 0.00432. The van der Waals surface area contributed by atoms with Crippen LogP contribution in [0.25, 0.3) is 0 Å². The maximum atomic E-state index is 12.4. The van der Waals surface area contributed by atoms with Crippen molar-refractivity contribution in [2.75, 3.05) is 30.3 Å². The third-order valence-electron chi connectivity index (χ3n) is 4.05. The number of hydrogen-bond donors (Lipinski definition) is 1. The lowest BCUT2D eigenvalue weighted by molar-refractivity contribution is -0.124. The monoisotopic (exact) mass is 333 g/mol. The zero-order chi connectivity index (χ0) is 16.4. The molecule has 0 spiro atoms. The van der Waals surface area contributed by atoms with Crippen LogP contribution in [0.5, 0.6) is 0 Å². The van der Waals surface area contributed by atoms with E-state index in [4.69, 9.17) is 0 Å². The number of anilines is 1. The van der Waals surface area contributed by atoms with Gasteiger partial charge in [-0.15, -0.1) is 0 Å². The third-order valence-corrected chi connectivity index (χ3v) is 5.05. The number of carbonyl (C=O) groups excluding carboxylic acids is 3.